The van der Waals surface area contributed by atoms with E-state index in [0.717, 1.165) is 39.9 Å². The van der Waals surface area contributed by atoms with Gasteiger partial charge < -0.3 is 14.5 Å². The van der Waals surface area contributed by atoms with Crippen LogP contribution >= 0.6 is 0 Å². The second-order valence-corrected chi connectivity index (χ2v) is 19.4. The molecule has 0 unspecified atom stereocenters. The number of rotatable bonds is 7. The molecule has 2 aliphatic heterocycles. The van der Waals surface area contributed by atoms with Crippen LogP contribution in [-0.4, -0.2) is 11.7 Å². The van der Waals surface area contributed by atoms with Crippen LogP contribution in [0.2, 0.25) is 0 Å². The number of hydrogen-bond acceptors (Lipinski definition) is 5. The summed E-state index contributed by atoms with van der Waals surface area (Å²) in [5.74, 6) is 3.15. The van der Waals surface area contributed by atoms with Crippen molar-refractivity contribution in [2.24, 2.45) is 0 Å². The van der Waals surface area contributed by atoms with Crippen molar-refractivity contribution in [3.8, 4) is 33.8 Å². The van der Waals surface area contributed by atoms with Gasteiger partial charge in [-0.1, -0.05) is 142 Å². The molecule has 0 fully saturated rings. The number of hydrogen-bond donors (Lipinski definition) is 0. The Hall–Kier alpha value is -6.33. The Morgan fingerprint density at radius 2 is 1.05 bits per heavy atom. The van der Waals surface area contributed by atoms with Gasteiger partial charge in [0.2, 0.25) is 0 Å². The molecule has 2 aliphatic rings. The fraction of sp³-hybridized carbons (Fsp3) is 0.268. The smallest absolute Gasteiger partial charge is 0.137 e. The third-order valence-electron chi connectivity index (χ3n) is 12.4. The van der Waals surface area contributed by atoms with E-state index in [1.54, 1.807) is 0 Å². The molecule has 0 saturated carbocycles. The summed E-state index contributed by atoms with van der Waals surface area (Å²) in [5, 5.41) is 0. The Bertz CT molecular complexity index is 2740. The van der Waals surface area contributed by atoms with E-state index in [-0.39, 0.29) is 10.8 Å². The second kappa shape index (κ2) is 15.3. The van der Waals surface area contributed by atoms with Gasteiger partial charge in [-0.2, -0.15) is 0 Å². The fourth-order valence-corrected chi connectivity index (χ4v) is 9.00. The summed E-state index contributed by atoms with van der Waals surface area (Å²) in [5.41, 5.74) is 17.0. The maximum atomic E-state index is 6.88. The minimum atomic E-state index is -0.0397. The molecule has 7 aromatic rings. The van der Waals surface area contributed by atoms with Gasteiger partial charge in [-0.25, -0.2) is 4.98 Å². The Labute approximate surface area is 363 Å². The molecule has 9 rings (SSSR count). The van der Waals surface area contributed by atoms with Crippen LogP contribution in [0.4, 0.5) is 39.9 Å². The molecule has 0 saturated heterocycles. The molecule has 0 bridgehead atoms. The van der Waals surface area contributed by atoms with E-state index in [4.69, 9.17) is 9.72 Å². The molecule has 0 atom stereocenters. The average molecular weight is 803 g/mol. The average Bonchev–Trinajstić information content (AvgIpc) is 3.57. The van der Waals surface area contributed by atoms with Crippen molar-refractivity contribution in [2.45, 2.75) is 91.9 Å². The molecule has 0 amide bonds. The summed E-state index contributed by atoms with van der Waals surface area (Å²) >= 11 is 0. The summed E-state index contributed by atoms with van der Waals surface area (Å²) in [6, 6.07) is 50.5. The summed E-state index contributed by atoms with van der Waals surface area (Å²) in [4.78, 5) is 12.3. The highest BCUT2D eigenvalue weighted by molar-refractivity contribution is 6.02. The topological polar surface area (TPSA) is 31.8 Å². The summed E-state index contributed by atoms with van der Waals surface area (Å²) in [7, 11) is 0. The predicted octanol–water partition coefficient (Wildman–Crippen LogP) is 16.1. The maximum absolute atomic E-state index is 6.88. The first-order valence-electron chi connectivity index (χ1n) is 21.9. The van der Waals surface area contributed by atoms with Gasteiger partial charge in [0.1, 0.15) is 24.0 Å². The van der Waals surface area contributed by atoms with Crippen molar-refractivity contribution >= 4 is 39.9 Å². The van der Waals surface area contributed by atoms with Crippen molar-refractivity contribution in [3.63, 3.8) is 0 Å². The SMILES string of the molecule is CC(C)c1cc(C(C)(C)C)cc(C(C)C)c1N1CN(c2cccc(Oc3ccc4c(c3)N(c3cc(C(C)(C)C)ccn3)c3ccccc3-c3ccccc3-4)c2)c2ccccc21. The van der Waals surface area contributed by atoms with Gasteiger partial charge in [-0.05, 0) is 111 Å². The maximum Gasteiger partial charge on any atom is 0.137 e. The number of benzene rings is 6. The molecule has 308 valence electrons. The highest BCUT2D eigenvalue weighted by Gasteiger charge is 2.33. The van der Waals surface area contributed by atoms with Crippen LogP contribution in [0.3, 0.4) is 0 Å². The molecule has 5 heteroatoms. The molecule has 61 heavy (non-hydrogen) atoms. The highest BCUT2D eigenvalue weighted by Crippen LogP contribution is 2.53. The Morgan fingerprint density at radius 3 is 1.67 bits per heavy atom. The fourth-order valence-electron chi connectivity index (χ4n) is 9.00. The Morgan fingerprint density at radius 1 is 0.492 bits per heavy atom. The molecular formula is C56H58N4O. The zero-order chi connectivity index (χ0) is 42.8. The molecule has 0 N–H and O–H groups in total. The highest BCUT2D eigenvalue weighted by atomic mass is 16.5. The first-order chi connectivity index (χ1) is 29.2. The van der Waals surface area contributed by atoms with E-state index < -0.39 is 0 Å². The third-order valence-corrected chi connectivity index (χ3v) is 12.4. The first-order valence-corrected chi connectivity index (χ1v) is 21.9. The normalized spacial score (nSPS) is 13.5. The van der Waals surface area contributed by atoms with Crippen molar-refractivity contribution in [1.29, 1.82) is 0 Å². The minimum absolute atomic E-state index is 0.0397. The van der Waals surface area contributed by atoms with Gasteiger partial charge in [-0.3, -0.25) is 4.90 Å². The van der Waals surface area contributed by atoms with E-state index >= 15 is 0 Å². The van der Waals surface area contributed by atoms with Crippen LogP contribution in [0, 0.1) is 0 Å². The molecule has 0 radical (unpaired) electrons. The van der Waals surface area contributed by atoms with Crippen molar-refractivity contribution < 1.29 is 4.74 Å². The van der Waals surface area contributed by atoms with Gasteiger partial charge in [0.25, 0.3) is 0 Å². The van der Waals surface area contributed by atoms with Crippen LogP contribution in [0.15, 0.2) is 146 Å². The largest absolute Gasteiger partial charge is 0.457 e. The number of anilines is 7. The summed E-state index contributed by atoms with van der Waals surface area (Å²) < 4.78 is 6.88. The number of para-hydroxylation sites is 3. The summed E-state index contributed by atoms with van der Waals surface area (Å²) in [6.45, 7) is 23.7. The predicted molar refractivity (Wildman–Crippen MR) is 257 cm³/mol. The van der Waals surface area contributed by atoms with Crippen molar-refractivity contribution in [2.75, 3.05) is 21.4 Å². The number of ether oxygens (including phenoxy) is 1. The minimum Gasteiger partial charge on any atom is -0.457 e. The van der Waals surface area contributed by atoms with Crippen LogP contribution < -0.4 is 19.4 Å². The van der Waals surface area contributed by atoms with E-state index in [0.29, 0.717) is 18.5 Å². The second-order valence-electron chi connectivity index (χ2n) is 19.4. The van der Waals surface area contributed by atoms with Crippen LogP contribution in [-0.2, 0) is 10.8 Å². The zero-order valence-electron chi connectivity index (χ0n) is 37.4. The molecule has 3 heterocycles. The molecule has 6 aromatic carbocycles. The monoisotopic (exact) mass is 802 g/mol. The lowest BCUT2D eigenvalue weighted by molar-refractivity contribution is 0.483. The third kappa shape index (κ3) is 7.35. The van der Waals surface area contributed by atoms with E-state index in [9.17, 15) is 0 Å². The Kier molecular flexibility index (Phi) is 10.1. The van der Waals surface area contributed by atoms with E-state index in [1.165, 1.54) is 56.0 Å². The lowest BCUT2D eigenvalue weighted by Gasteiger charge is -2.32. The Balaban J connectivity index is 1.12. The number of pyridine rings is 1. The quantitative estimate of drug-likeness (QED) is 0.160. The number of nitrogens with zero attached hydrogens (tertiary/aromatic N) is 4. The van der Waals surface area contributed by atoms with Crippen LogP contribution in [0.5, 0.6) is 11.5 Å². The lowest BCUT2D eigenvalue weighted by Crippen LogP contribution is -2.26. The first kappa shape index (κ1) is 40.1. The van der Waals surface area contributed by atoms with Gasteiger partial charge in [-0.15, -0.1) is 0 Å². The standard InChI is InChI=1S/C56H58N4O/c1-36(2)47-30-39(56(8,9)10)31-48(37(3)4)54(47)59-35-58(50-24-15-16-25-51(50)59)40-18-17-19-41(33-40)61-42-26-27-46-44-21-12-11-20-43(44)45-22-13-14-23-49(45)60(52(46)34-42)53-32-38(28-29-57-53)55(5,6)7/h11-34,36-37H,35H2,1-10H3. The van der Waals surface area contributed by atoms with Gasteiger partial charge >= 0.3 is 0 Å². The van der Waals surface area contributed by atoms with Crippen LogP contribution in [0.25, 0.3) is 22.3 Å². The van der Waals surface area contributed by atoms with E-state index in [1.807, 2.05) is 6.20 Å². The van der Waals surface area contributed by atoms with Gasteiger partial charge in [0, 0.05) is 40.8 Å². The molecule has 1 aromatic heterocycles. The van der Waals surface area contributed by atoms with Crippen LogP contribution in [0.1, 0.15) is 103 Å². The molecular weight excluding hydrogens is 745 g/mol. The van der Waals surface area contributed by atoms with Gasteiger partial charge in [0.05, 0.1) is 22.7 Å². The molecule has 0 spiro atoms. The number of aromatic nitrogens is 1. The van der Waals surface area contributed by atoms with E-state index in [2.05, 4.69) is 223 Å². The van der Waals surface area contributed by atoms with Crippen molar-refractivity contribution in [3.05, 3.63) is 168 Å². The molecule has 5 nitrogen and oxygen atoms in total. The summed E-state index contributed by atoms with van der Waals surface area (Å²) in [6.07, 6.45) is 1.94. The van der Waals surface area contributed by atoms with Gasteiger partial charge in [0.15, 0.2) is 0 Å². The molecule has 0 aliphatic carbocycles. The lowest BCUT2D eigenvalue weighted by atomic mass is 9.80. The zero-order valence-corrected chi connectivity index (χ0v) is 37.4. The van der Waals surface area contributed by atoms with Crippen molar-refractivity contribution in [1.82, 2.24) is 4.98 Å². The number of fused-ring (bicyclic) bond motifs is 6.